The molecule has 6 nitrogen and oxygen atoms in total. The first kappa shape index (κ1) is 18.7. The van der Waals surface area contributed by atoms with E-state index in [0.29, 0.717) is 5.75 Å². The Morgan fingerprint density at radius 3 is 2.46 bits per heavy atom. The van der Waals surface area contributed by atoms with E-state index in [2.05, 4.69) is 5.32 Å². The predicted molar refractivity (Wildman–Crippen MR) is 92.8 cm³/mol. The highest BCUT2D eigenvalue weighted by Crippen LogP contribution is 2.29. The normalized spacial score (nSPS) is 15.9. The molecule has 0 aliphatic heterocycles. The fourth-order valence-corrected chi connectivity index (χ4v) is 4.44. The van der Waals surface area contributed by atoms with E-state index in [1.54, 1.807) is 7.05 Å². The van der Waals surface area contributed by atoms with Crippen LogP contribution in [0.2, 0.25) is 0 Å². The lowest BCUT2D eigenvalue weighted by Gasteiger charge is -2.24. The second-order valence-corrected chi connectivity index (χ2v) is 8.45. The van der Waals surface area contributed by atoms with Gasteiger partial charge in [0.1, 0.15) is 5.75 Å². The molecule has 24 heavy (non-hydrogen) atoms. The molecule has 1 aliphatic carbocycles. The Labute approximate surface area is 144 Å². The molecule has 1 N–H and O–H groups in total. The fraction of sp³-hybridized carbons (Fsp3) is 0.588. The lowest BCUT2D eigenvalue weighted by molar-refractivity contribution is 0.0940. The van der Waals surface area contributed by atoms with Crippen molar-refractivity contribution in [2.24, 2.45) is 0 Å². The van der Waals surface area contributed by atoms with Gasteiger partial charge in [0, 0.05) is 19.1 Å². The summed E-state index contributed by atoms with van der Waals surface area (Å²) in [6.07, 6.45) is 3.86. The molecule has 0 aromatic heterocycles. The summed E-state index contributed by atoms with van der Waals surface area (Å²) in [5, 5.41) is 2.77. The summed E-state index contributed by atoms with van der Waals surface area (Å²) < 4.78 is 32.4. The van der Waals surface area contributed by atoms with Crippen LogP contribution in [0.4, 0.5) is 0 Å². The number of amides is 1. The van der Waals surface area contributed by atoms with Crippen LogP contribution >= 0.6 is 0 Å². The summed E-state index contributed by atoms with van der Waals surface area (Å²) in [4.78, 5) is 12.5. The summed E-state index contributed by atoms with van der Waals surface area (Å²) in [5.74, 6) is 0.0121. The van der Waals surface area contributed by atoms with E-state index < -0.39 is 10.0 Å². The first-order chi connectivity index (χ1) is 11.3. The summed E-state index contributed by atoms with van der Waals surface area (Å²) >= 11 is 0. The van der Waals surface area contributed by atoms with Crippen molar-refractivity contribution >= 4 is 15.9 Å². The zero-order chi connectivity index (χ0) is 17.9. The third-order valence-corrected chi connectivity index (χ3v) is 6.26. The van der Waals surface area contributed by atoms with Gasteiger partial charge in [-0.15, -0.1) is 0 Å². The monoisotopic (exact) mass is 354 g/mol. The van der Waals surface area contributed by atoms with Crippen LogP contribution in [-0.4, -0.2) is 44.9 Å². The quantitative estimate of drug-likeness (QED) is 0.851. The van der Waals surface area contributed by atoms with Crippen LogP contribution in [0.1, 0.15) is 49.9 Å². The first-order valence-corrected chi connectivity index (χ1v) is 9.68. The Kier molecular flexibility index (Phi) is 5.87. The van der Waals surface area contributed by atoms with Crippen molar-refractivity contribution in [3.63, 3.8) is 0 Å². The first-order valence-electron chi connectivity index (χ1n) is 8.24. The third kappa shape index (κ3) is 3.89. The molecule has 1 aromatic rings. The molecular weight excluding hydrogens is 328 g/mol. The number of benzene rings is 1. The van der Waals surface area contributed by atoms with E-state index in [0.717, 1.165) is 25.7 Å². The number of rotatable bonds is 6. The lowest BCUT2D eigenvalue weighted by atomic mass is 10.2. The van der Waals surface area contributed by atoms with E-state index in [4.69, 9.17) is 4.74 Å². The Hall–Kier alpha value is -1.60. The maximum absolute atomic E-state index is 12.9. The van der Waals surface area contributed by atoms with Crippen LogP contribution in [0.15, 0.2) is 23.1 Å². The Bertz CT molecular complexity index is 695. The van der Waals surface area contributed by atoms with Gasteiger partial charge in [0.25, 0.3) is 5.91 Å². The number of hydrogen-bond acceptors (Lipinski definition) is 4. The third-order valence-electron chi connectivity index (χ3n) is 4.35. The summed E-state index contributed by atoms with van der Waals surface area (Å²) in [7, 11) is -0.561. The lowest BCUT2D eigenvalue weighted by Crippen LogP contribution is -2.35. The van der Waals surface area contributed by atoms with Crippen LogP contribution < -0.4 is 10.1 Å². The molecule has 1 amide bonds. The van der Waals surface area contributed by atoms with Gasteiger partial charge < -0.3 is 10.1 Å². The zero-order valence-corrected chi connectivity index (χ0v) is 15.5. The number of carbonyl (C=O) groups excluding carboxylic acids is 1. The minimum Gasteiger partial charge on any atom is -0.496 e. The Morgan fingerprint density at radius 1 is 1.29 bits per heavy atom. The van der Waals surface area contributed by atoms with Crippen LogP contribution in [0.25, 0.3) is 0 Å². The molecular formula is C17H26N2O4S. The SMILES string of the molecule is COc1ccc(S(=O)(=O)N(C)C2CCCC2)cc1C(=O)NC(C)C. The van der Waals surface area contributed by atoms with Crippen molar-refractivity contribution in [3.05, 3.63) is 23.8 Å². The second kappa shape index (κ2) is 7.53. The van der Waals surface area contributed by atoms with Gasteiger partial charge in [-0.3, -0.25) is 4.79 Å². The zero-order valence-electron chi connectivity index (χ0n) is 14.7. The van der Waals surface area contributed by atoms with Crippen molar-refractivity contribution in [2.45, 2.75) is 56.5 Å². The van der Waals surface area contributed by atoms with E-state index in [-0.39, 0.29) is 28.4 Å². The number of nitrogens with zero attached hydrogens (tertiary/aromatic N) is 1. The number of nitrogens with one attached hydrogen (secondary N) is 1. The summed E-state index contributed by atoms with van der Waals surface area (Å²) in [6, 6.07) is 4.40. The second-order valence-electron chi connectivity index (χ2n) is 6.45. The van der Waals surface area contributed by atoms with Gasteiger partial charge in [-0.2, -0.15) is 4.31 Å². The van der Waals surface area contributed by atoms with Crippen molar-refractivity contribution < 1.29 is 17.9 Å². The predicted octanol–water partition coefficient (Wildman–Crippen LogP) is 2.40. The van der Waals surface area contributed by atoms with Crippen LogP contribution in [0.3, 0.4) is 0 Å². The van der Waals surface area contributed by atoms with Gasteiger partial charge in [-0.05, 0) is 44.9 Å². The largest absolute Gasteiger partial charge is 0.496 e. The highest BCUT2D eigenvalue weighted by atomic mass is 32.2. The van der Waals surface area contributed by atoms with Gasteiger partial charge in [-0.1, -0.05) is 12.8 Å². The highest BCUT2D eigenvalue weighted by molar-refractivity contribution is 7.89. The molecule has 0 radical (unpaired) electrons. The summed E-state index contributed by atoms with van der Waals surface area (Å²) in [6.45, 7) is 3.69. The van der Waals surface area contributed by atoms with Crippen molar-refractivity contribution in [2.75, 3.05) is 14.2 Å². The number of carbonyl (C=O) groups is 1. The van der Waals surface area contributed by atoms with Crippen LogP contribution in [0.5, 0.6) is 5.75 Å². The molecule has 1 aliphatic rings. The van der Waals surface area contributed by atoms with Gasteiger partial charge in [0.2, 0.25) is 10.0 Å². The minimum atomic E-state index is -3.63. The van der Waals surface area contributed by atoms with Crippen molar-refractivity contribution in [3.8, 4) is 5.75 Å². The average Bonchev–Trinajstić information content (AvgIpc) is 3.07. The standard InChI is InChI=1S/C17H26N2O4S/c1-12(2)18-17(20)15-11-14(9-10-16(15)23-4)24(21,22)19(3)13-7-5-6-8-13/h9-13H,5-8H2,1-4H3,(H,18,20). The highest BCUT2D eigenvalue weighted by Gasteiger charge is 2.31. The van der Waals surface area contributed by atoms with Gasteiger partial charge in [-0.25, -0.2) is 8.42 Å². The van der Waals surface area contributed by atoms with Crippen molar-refractivity contribution in [1.29, 1.82) is 0 Å². The number of methoxy groups -OCH3 is 1. The maximum atomic E-state index is 12.9. The Morgan fingerprint density at radius 2 is 1.92 bits per heavy atom. The molecule has 1 aromatic carbocycles. The fourth-order valence-electron chi connectivity index (χ4n) is 3.00. The van der Waals surface area contributed by atoms with Crippen LogP contribution in [0, 0.1) is 0 Å². The van der Waals surface area contributed by atoms with Crippen molar-refractivity contribution in [1.82, 2.24) is 9.62 Å². The van der Waals surface area contributed by atoms with Gasteiger partial charge >= 0.3 is 0 Å². The molecule has 0 unspecified atom stereocenters. The van der Waals surface area contributed by atoms with Gasteiger partial charge in [0.05, 0.1) is 17.6 Å². The molecule has 0 atom stereocenters. The molecule has 7 heteroatoms. The molecule has 0 bridgehead atoms. The number of sulfonamides is 1. The molecule has 0 heterocycles. The minimum absolute atomic E-state index is 0.0324. The molecule has 134 valence electrons. The van der Waals surface area contributed by atoms with E-state index in [1.807, 2.05) is 13.8 Å². The summed E-state index contributed by atoms with van der Waals surface area (Å²) in [5.41, 5.74) is 0.229. The molecule has 0 spiro atoms. The van der Waals surface area contributed by atoms with Crippen LogP contribution in [-0.2, 0) is 10.0 Å². The van der Waals surface area contributed by atoms with E-state index in [9.17, 15) is 13.2 Å². The molecule has 0 saturated heterocycles. The van der Waals surface area contributed by atoms with E-state index >= 15 is 0 Å². The van der Waals surface area contributed by atoms with E-state index in [1.165, 1.54) is 29.6 Å². The molecule has 2 rings (SSSR count). The maximum Gasteiger partial charge on any atom is 0.255 e. The topological polar surface area (TPSA) is 75.7 Å². The average molecular weight is 354 g/mol. The molecule has 1 saturated carbocycles. The Balaban J connectivity index is 2.38. The smallest absolute Gasteiger partial charge is 0.255 e. The number of hydrogen-bond donors (Lipinski definition) is 1. The molecule has 1 fully saturated rings. The number of ether oxygens (including phenoxy) is 1. The van der Waals surface area contributed by atoms with Gasteiger partial charge in [0.15, 0.2) is 0 Å².